The lowest BCUT2D eigenvalue weighted by molar-refractivity contribution is -0.113. The lowest BCUT2D eigenvalue weighted by Gasteiger charge is -2.11. The second-order valence-electron chi connectivity index (χ2n) is 5.67. The maximum atomic E-state index is 12.6. The summed E-state index contributed by atoms with van der Waals surface area (Å²) in [7, 11) is 1.53. The number of anilines is 1. The molecule has 3 rings (SSSR count). The molecule has 0 atom stereocenters. The summed E-state index contributed by atoms with van der Waals surface area (Å²) < 4.78 is 7.38. The summed E-state index contributed by atoms with van der Waals surface area (Å²) in [4.78, 5) is 29.5. The zero-order valence-corrected chi connectivity index (χ0v) is 17.2. The zero-order valence-electron chi connectivity index (χ0n) is 14.8. The van der Waals surface area contributed by atoms with Crippen molar-refractivity contribution in [3.05, 3.63) is 45.0 Å². The smallest absolute Gasteiger partial charge is 0.272 e. The van der Waals surface area contributed by atoms with Crippen molar-refractivity contribution in [1.82, 2.24) is 9.55 Å². The Labute approximate surface area is 169 Å². The fourth-order valence-electron chi connectivity index (χ4n) is 2.53. The Hall–Kier alpha value is -2.03. The van der Waals surface area contributed by atoms with Crippen LogP contribution >= 0.6 is 34.7 Å². The minimum atomic E-state index is -0.205. The third-order valence-electron chi connectivity index (χ3n) is 3.75. The van der Waals surface area contributed by atoms with Crippen LogP contribution < -0.4 is 15.6 Å². The van der Waals surface area contributed by atoms with Crippen molar-refractivity contribution < 1.29 is 9.53 Å². The molecule has 0 saturated carbocycles. The van der Waals surface area contributed by atoms with Crippen molar-refractivity contribution in [1.29, 1.82) is 0 Å². The molecule has 142 valence electrons. The largest absolute Gasteiger partial charge is 0.495 e. The van der Waals surface area contributed by atoms with E-state index in [0.717, 1.165) is 6.42 Å². The number of benzene rings is 1. The number of hydrogen-bond acceptors (Lipinski definition) is 6. The third kappa shape index (κ3) is 4.45. The topological polar surface area (TPSA) is 73.2 Å². The number of thioether (sulfide) groups is 1. The number of carbonyl (C=O) groups excluding carboxylic acids is 1. The number of rotatable bonds is 7. The van der Waals surface area contributed by atoms with E-state index in [1.807, 2.05) is 18.4 Å². The number of aromatic nitrogens is 2. The molecule has 9 heteroatoms. The van der Waals surface area contributed by atoms with Gasteiger partial charge in [0.1, 0.15) is 10.4 Å². The number of hydrogen-bond donors (Lipinski definition) is 1. The molecule has 0 radical (unpaired) electrons. The highest BCUT2D eigenvalue weighted by atomic mass is 35.5. The van der Waals surface area contributed by atoms with E-state index in [4.69, 9.17) is 16.3 Å². The molecule has 6 nitrogen and oxygen atoms in total. The lowest BCUT2D eigenvalue weighted by atomic mass is 10.3. The summed E-state index contributed by atoms with van der Waals surface area (Å²) in [5.74, 6) is 0.472. The van der Waals surface area contributed by atoms with Crippen molar-refractivity contribution in [2.24, 2.45) is 0 Å². The SMILES string of the molecule is CCCn1c(SCC(=O)Nc2ccc(OC)c(Cl)c2)nc2ccsc2c1=O. The van der Waals surface area contributed by atoms with Crippen LogP contribution in [-0.2, 0) is 11.3 Å². The summed E-state index contributed by atoms with van der Waals surface area (Å²) in [5.41, 5.74) is 1.20. The molecule has 0 bridgehead atoms. The Kier molecular flexibility index (Phi) is 6.41. The highest BCUT2D eigenvalue weighted by molar-refractivity contribution is 7.99. The Morgan fingerprint density at radius 3 is 2.93 bits per heavy atom. The molecule has 0 unspecified atom stereocenters. The quantitative estimate of drug-likeness (QED) is 0.454. The minimum absolute atomic E-state index is 0.0540. The molecular weight excluding hydrogens is 406 g/mol. The molecule has 0 aliphatic rings. The maximum absolute atomic E-state index is 12.6. The summed E-state index contributed by atoms with van der Waals surface area (Å²) in [6.45, 7) is 2.57. The highest BCUT2D eigenvalue weighted by Gasteiger charge is 2.14. The Bertz CT molecular complexity index is 1030. The van der Waals surface area contributed by atoms with Crippen LogP contribution in [0.25, 0.3) is 10.2 Å². The summed E-state index contributed by atoms with van der Waals surface area (Å²) in [6, 6.07) is 6.86. The highest BCUT2D eigenvalue weighted by Crippen LogP contribution is 2.27. The van der Waals surface area contributed by atoms with E-state index < -0.39 is 0 Å². The van der Waals surface area contributed by atoms with Crippen LogP contribution in [0.3, 0.4) is 0 Å². The van der Waals surface area contributed by atoms with Gasteiger partial charge in [0, 0.05) is 12.2 Å². The van der Waals surface area contributed by atoms with E-state index in [2.05, 4.69) is 10.3 Å². The summed E-state index contributed by atoms with van der Waals surface area (Å²) >= 11 is 8.71. The number of fused-ring (bicyclic) bond motifs is 1. The molecule has 0 saturated heterocycles. The first-order chi connectivity index (χ1) is 13.0. The van der Waals surface area contributed by atoms with Gasteiger partial charge in [-0.15, -0.1) is 11.3 Å². The fraction of sp³-hybridized carbons (Fsp3) is 0.278. The van der Waals surface area contributed by atoms with Gasteiger partial charge in [-0.2, -0.15) is 0 Å². The van der Waals surface area contributed by atoms with Gasteiger partial charge in [-0.1, -0.05) is 30.3 Å². The number of ether oxygens (including phenoxy) is 1. The number of nitrogens with one attached hydrogen (secondary N) is 1. The van der Waals surface area contributed by atoms with E-state index in [1.165, 1.54) is 30.2 Å². The third-order valence-corrected chi connectivity index (χ3v) is 5.91. The number of amides is 1. The molecule has 0 aliphatic carbocycles. The molecule has 1 N–H and O–H groups in total. The molecule has 2 aromatic heterocycles. The summed E-state index contributed by atoms with van der Waals surface area (Å²) in [5, 5.41) is 5.61. The standard InChI is InChI=1S/C18H18ClN3O3S2/c1-3-7-22-17(24)16-13(6-8-26-16)21-18(22)27-10-15(23)20-11-4-5-14(25-2)12(19)9-11/h4-6,8-9H,3,7,10H2,1-2H3,(H,20,23). The maximum Gasteiger partial charge on any atom is 0.272 e. The van der Waals surface area contributed by atoms with Crippen molar-refractivity contribution in [3.8, 4) is 5.75 Å². The van der Waals surface area contributed by atoms with E-state index in [1.54, 1.807) is 22.8 Å². The molecule has 0 spiro atoms. The first-order valence-electron chi connectivity index (χ1n) is 8.27. The van der Waals surface area contributed by atoms with Crippen LogP contribution in [0.5, 0.6) is 5.75 Å². The number of nitrogens with zero attached hydrogens (tertiary/aromatic N) is 2. The molecule has 27 heavy (non-hydrogen) atoms. The minimum Gasteiger partial charge on any atom is -0.495 e. The van der Waals surface area contributed by atoms with Crippen LogP contribution in [0.4, 0.5) is 5.69 Å². The monoisotopic (exact) mass is 423 g/mol. The van der Waals surface area contributed by atoms with Crippen LogP contribution in [0, 0.1) is 0 Å². The van der Waals surface area contributed by atoms with Gasteiger partial charge < -0.3 is 10.1 Å². The molecular formula is C18H18ClN3O3S2. The molecule has 0 aliphatic heterocycles. The average Bonchev–Trinajstić information content (AvgIpc) is 3.11. The van der Waals surface area contributed by atoms with Crippen molar-refractivity contribution in [3.63, 3.8) is 0 Å². The van der Waals surface area contributed by atoms with Gasteiger partial charge in [-0.3, -0.25) is 14.2 Å². The Morgan fingerprint density at radius 2 is 2.22 bits per heavy atom. The van der Waals surface area contributed by atoms with Gasteiger partial charge >= 0.3 is 0 Å². The van der Waals surface area contributed by atoms with Gasteiger partial charge in [0.05, 0.1) is 23.4 Å². The Balaban J connectivity index is 1.74. The van der Waals surface area contributed by atoms with Crippen LogP contribution in [0.1, 0.15) is 13.3 Å². The molecule has 3 aromatic rings. The number of carbonyl (C=O) groups is 1. The van der Waals surface area contributed by atoms with E-state index in [0.29, 0.717) is 38.4 Å². The predicted molar refractivity (Wildman–Crippen MR) is 112 cm³/mol. The van der Waals surface area contributed by atoms with Gasteiger partial charge in [0.15, 0.2) is 5.16 Å². The predicted octanol–water partition coefficient (Wildman–Crippen LogP) is 4.26. The normalized spacial score (nSPS) is 10.9. The van der Waals surface area contributed by atoms with Gasteiger partial charge in [-0.05, 0) is 36.1 Å². The van der Waals surface area contributed by atoms with Crippen molar-refractivity contribution in [2.75, 3.05) is 18.2 Å². The number of halogens is 1. The summed E-state index contributed by atoms with van der Waals surface area (Å²) in [6.07, 6.45) is 0.808. The molecule has 2 heterocycles. The van der Waals surface area contributed by atoms with E-state index in [9.17, 15) is 9.59 Å². The molecule has 1 aromatic carbocycles. The average molecular weight is 424 g/mol. The lowest BCUT2D eigenvalue weighted by Crippen LogP contribution is -2.23. The molecule has 1 amide bonds. The second kappa shape index (κ2) is 8.77. The number of thiophene rings is 1. The van der Waals surface area contributed by atoms with Crippen LogP contribution in [0.15, 0.2) is 39.6 Å². The van der Waals surface area contributed by atoms with Crippen molar-refractivity contribution >= 4 is 56.5 Å². The van der Waals surface area contributed by atoms with Crippen LogP contribution in [-0.4, -0.2) is 28.3 Å². The first kappa shape index (κ1) is 19.7. The van der Waals surface area contributed by atoms with Gasteiger partial charge in [0.25, 0.3) is 5.56 Å². The number of methoxy groups -OCH3 is 1. The fourth-order valence-corrected chi connectivity index (χ4v) is 4.39. The second-order valence-corrected chi connectivity index (χ2v) is 7.94. The van der Waals surface area contributed by atoms with Crippen molar-refractivity contribution in [2.45, 2.75) is 25.0 Å². The van der Waals surface area contributed by atoms with E-state index >= 15 is 0 Å². The van der Waals surface area contributed by atoms with Crippen LogP contribution in [0.2, 0.25) is 5.02 Å². The first-order valence-corrected chi connectivity index (χ1v) is 10.5. The van der Waals surface area contributed by atoms with Gasteiger partial charge in [-0.25, -0.2) is 4.98 Å². The Morgan fingerprint density at radius 1 is 1.41 bits per heavy atom. The molecule has 0 fully saturated rings. The van der Waals surface area contributed by atoms with Gasteiger partial charge in [0.2, 0.25) is 5.91 Å². The van der Waals surface area contributed by atoms with E-state index in [-0.39, 0.29) is 17.2 Å². The zero-order chi connectivity index (χ0) is 19.4.